The predicted molar refractivity (Wildman–Crippen MR) is 95.3 cm³/mol. The Kier molecular flexibility index (Phi) is 3.65. The summed E-state index contributed by atoms with van der Waals surface area (Å²) in [5.74, 6) is 1.86. The maximum atomic E-state index is 10.2. The molecule has 1 aromatic carbocycles. The molecule has 0 radical (unpaired) electrons. The van der Waals surface area contributed by atoms with Gasteiger partial charge in [-0.25, -0.2) is 9.97 Å². The summed E-state index contributed by atoms with van der Waals surface area (Å²) in [6, 6.07) is 7.28. The number of fused-ring (bicyclic) bond motifs is 1. The van der Waals surface area contributed by atoms with E-state index < -0.39 is 0 Å². The number of nitrogens with zero attached hydrogens (tertiary/aromatic N) is 3. The van der Waals surface area contributed by atoms with Crippen molar-refractivity contribution in [1.82, 2.24) is 9.97 Å². The molecular weight excluding hydrogens is 306 g/mol. The lowest BCUT2D eigenvalue weighted by Crippen LogP contribution is -2.30. The number of hydrogen-bond donors (Lipinski definition) is 1. The first kappa shape index (κ1) is 14.5. The van der Waals surface area contributed by atoms with Crippen molar-refractivity contribution in [1.29, 1.82) is 0 Å². The van der Waals surface area contributed by atoms with Crippen LogP contribution in [0.25, 0.3) is 21.6 Å². The summed E-state index contributed by atoms with van der Waals surface area (Å²) < 4.78 is 0. The van der Waals surface area contributed by atoms with E-state index in [9.17, 15) is 5.11 Å². The molecular formula is C18H19N3OS. The Morgan fingerprint density at radius 2 is 1.87 bits per heavy atom. The van der Waals surface area contributed by atoms with E-state index in [1.54, 1.807) is 17.4 Å². The maximum Gasteiger partial charge on any atom is 0.166 e. The van der Waals surface area contributed by atoms with Crippen molar-refractivity contribution >= 4 is 27.4 Å². The molecule has 2 aromatic heterocycles. The lowest BCUT2D eigenvalue weighted by Gasteiger charge is -2.28. The Bertz CT molecular complexity index is 853. The van der Waals surface area contributed by atoms with Gasteiger partial charge in [0.25, 0.3) is 0 Å². The fourth-order valence-electron chi connectivity index (χ4n) is 3.18. The van der Waals surface area contributed by atoms with Crippen LogP contribution in [0, 0.1) is 6.92 Å². The van der Waals surface area contributed by atoms with Crippen LogP contribution in [-0.4, -0.2) is 28.2 Å². The minimum Gasteiger partial charge on any atom is -0.507 e. The van der Waals surface area contributed by atoms with Crippen LogP contribution in [0.15, 0.2) is 29.6 Å². The number of benzene rings is 1. The van der Waals surface area contributed by atoms with E-state index >= 15 is 0 Å². The van der Waals surface area contributed by atoms with Crippen LogP contribution in [0.5, 0.6) is 5.75 Å². The zero-order valence-electron chi connectivity index (χ0n) is 13.1. The van der Waals surface area contributed by atoms with Crippen LogP contribution in [0.1, 0.15) is 24.8 Å². The average molecular weight is 325 g/mol. The molecule has 1 aliphatic heterocycles. The molecule has 0 aliphatic carbocycles. The summed E-state index contributed by atoms with van der Waals surface area (Å²) in [6.45, 7) is 4.21. The number of para-hydroxylation sites is 1. The summed E-state index contributed by atoms with van der Waals surface area (Å²) in [6.07, 6.45) is 3.71. The van der Waals surface area contributed by atoms with E-state index in [1.807, 2.05) is 18.2 Å². The van der Waals surface area contributed by atoms with Crippen molar-refractivity contribution in [2.24, 2.45) is 0 Å². The van der Waals surface area contributed by atoms with Crippen molar-refractivity contribution in [2.75, 3.05) is 18.0 Å². The monoisotopic (exact) mass is 325 g/mol. The molecule has 1 N–H and O–H groups in total. The van der Waals surface area contributed by atoms with Crippen molar-refractivity contribution in [3.8, 4) is 17.1 Å². The largest absolute Gasteiger partial charge is 0.507 e. The Morgan fingerprint density at radius 1 is 1.09 bits per heavy atom. The van der Waals surface area contributed by atoms with Gasteiger partial charge in [-0.05, 0) is 49.3 Å². The van der Waals surface area contributed by atoms with E-state index in [0.717, 1.165) is 29.1 Å². The second-order valence-electron chi connectivity index (χ2n) is 6.03. The van der Waals surface area contributed by atoms with E-state index in [0.29, 0.717) is 11.4 Å². The highest BCUT2D eigenvalue weighted by molar-refractivity contribution is 7.17. The van der Waals surface area contributed by atoms with Crippen molar-refractivity contribution < 1.29 is 5.11 Å². The fraction of sp³-hybridized carbons (Fsp3) is 0.333. The molecule has 1 fully saturated rings. The number of phenolic OH excluding ortho intramolecular Hbond substituents is 1. The molecule has 118 valence electrons. The normalized spacial score (nSPS) is 15.3. The first-order valence-corrected chi connectivity index (χ1v) is 8.91. The minimum atomic E-state index is 0.227. The molecule has 0 spiro atoms. The SMILES string of the molecule is Cc1csc2nc(-c3ccccc3O)nc(N3CCCCC3)c12. The minimum absolute atomic E-state index is 0.227. The first-order chi connectivity index (χ1) is 11.2. The summed E-state index contributed by atoms with van der Waals surface area (Å²) >= 11 is 1.65. The third-order valence-electron chi connectivity index (χ3n) is 4.40. The Balaban J connectivity index is 1.92. The van der Waals surface area contributed by atoms with Gasteiger partial charge in [-0.3, -0.25) is 0 Å². The maximum absolute atomic E-state index is 10.2. The zero-order chi connectivity index (χ0) is 15.8. The fourth-order valence-corrected chi connectivity index (χ4v) is 4.10. The average Bonchev–Trinajstić information content (AvgIpc) is 2.96. The smallest absolute Gasteiger partial charge is 0.166 e. The van der Waals surface area contributed by atoms with Gasteiger partial charge in [0.2, 0.25) is 0 Å². The van der Waals surface area contributed by atoms with Gasteiger partial charge in [-0.1, -0.05) is 12.1 Å². The number of aryl methyl sites for hydroxylation is 1. The predicted octanol–water partition coefficient (Wildman–Crippen LogP) is 4.36. The molecule has 1 saturated heterocycles. The molecule has 3 aromatic rings. The van der Waals surface area contributed by atoms with Gasteiger partial charge in [-0.15, -0.1) is 11.3 Å². The number of aromatic nitrogens is 2. The second-order valence-corrected chi connectivity index (χ2v) is 6.89. The van der Waals surface area contributed by atoms with Crippen LogP contribution in [-0.2, 0) is 0 Å². The summed E-state index contributed by atoms with van der Waals surface area (Å²) in [5, 5.41) is 13.5. The van der Waals surface area contributed by atoms with Gasteiger partial charge in [0.15, 0.2) is 5.82 Å². The van der Waals surface area contributed by atoms with Crippen LogP contribution >= 0.6 is 11.3 Å². The molecule has 0 saturated carbocycles. The molecule has 5 heteroatoms. The summed E-state index contributed by atoms with van der Waals surface area (Å²) in [5.41, 5.74) is 1.92. The van der Waals surface area contributed by atoms with Gasteiger partial charge in [0.1, 0.15) is 16.4 Å². The lowest BCUT2D eigenvalue weighted by molar-refractivity contribution is 0.477. The molecule has 3 heterocycles. The van der Waals surface area contributed by atoms with E-state index in [1.165, 1.54) is 24.8 Å². The van der Waals surface area contributed by atoms with Gasteiger partial charge in [0.05, 0.1) is 10.9 Å². The Hall–Kier alpha value is -2.14. The van der Waals surface area contributed by atoms with E-state index in [4.69, 9.17) is 9.97 Å². The number of aromatic hydroxyl groups is 1. The molecule has 4 rings (SSSR count). The van der Waals surface area contributed by atoms with Crippen LogP contribution in [0.3, 0.4) is 0 Å². The molecule has 23 heavy (non-hydrogen) atoms. The van der Waals surface area contributed by atoms with Crippen molar-refractivity contribution in [3.63, 3.8) is 0 Å². The quantitative estimate of drug-likeness (QED) is 0.760. The van der Waals surface area contributed by atoms with E-state index in [2.05, 4.69) is 17.2 Å². The molecule has 4 nitrogen and oxygen atoms in total. The molecule has 0 amide bonds. The summed E-state index contributed by atoms with van der Waals surface area (Å²) in [4.78, 5) is 12.9. The topological polar surface area (TPSA) is 49.3 Å². The highest BCUT2D eigenvalue weighted by Crippen LogP contribution is 2.36. The lowest BCUT2D eigenvalue weighted by atomic mass is 10.1. The van der Waals surface area contributed by atoms with Gasteiger partial charge in [0, 0.05) is 13.1 Å². The van der Waals surface area contributed by atoms with Crippen LogP contribution in [0.2, 0.25) is 0 Å². The second kappa shape index (κ2) is 5.81. The number of hydrogen-bond acceptors (Lipinski definition) is 5. The van der Waals surface area contributed by atoms with Crippen molar-refractivity contribution in [3.05, 3.63) is 35.2 Å². The third kappa shape index (κ3) is 2.55. The number of thiophene rings is 1. The van der Waals surface area contributed by atoms with Crippen molar-refractivity contribution in [2.45, 2.75) is 26.2 Å². The standard InChI is InChI=1S/C18H19N3OS/c1-12-11-23-18-15(12)17(21-9-5-2-6-10-21)19-16(20-18)13-7-3-4-8-14(13)22/h3-4,7-8,11,22H,2,5-6,9-10H2,1H3. The van der Waals surface area contributed by atoms with Gasteiger partial charge < -0.3 is 10.0 Å². The highest BCUT2D eigenvalue weighted by Gasteiger charge is 2.20. The van der Waals surface area contributed by atoms with Crippen LogP contribution < -0.4 is 4.90 Å². The molecule has 0 atom stereocenters. The van der Waals surface area contributed by atoms with Gasteiger partial charge in [-0.2, -0.15) is 0 Å². The number of anilines is 1. The molecule has 1 aliphatic rings. The summed E-state index contributed by atoms with van der Waals surface area (Å²) in [7, 11) is 0. The number of rotatable bonds is 2. The number of piperidine rings is 1. The molecule has 0 bridgehead atoms. The Morgan fingerprint density at radius 3 is 2.65 bits per heavy atom. The first-order valence-electron chi connectivity index (χ1n) is 8.03. The van der Waals surface area contributed by atoms with E-state index in [-0.39, 0.29) is 5.75 Å². The molecule has 0 unspecified atom stereocenters. The highest BCUT2D eigenvalue weighted by atomic mass is 32.1. The number of phenols is 1. The third-order valence-corrected chi connectivity index (χ3v) is 5.39. The zero-order valence-corrected chi connectivity index (χ0v) is 13.9. The van der Waals surface area contributed by atoms with Gasteiger partial charge >= 0.3 is 0 Å². The van der Waals surface area contributed by atoms with Crippen LogP contribution in [0.4, 0.5) is 5.82 Å². The Labute approximate surface area is 139 Å².